The molecule has 1 rings (SSSR count). The van der Waals surface area contributed by atoms with Crippen molar-refractivity contribution >= 4 is 17.7 Å². The number of hydrogen-bond donors (Lipinski definition) is 1. The van der Waals surface area contributed by atoms with E-state index in [1.807, 2.05) is 14.1 Å². The van der Waals surface area contributed by atoms with Gasteiger partial charge in [-0.3, -0.25) is 0 Å². The fourth-order valence-corrected chi connectivity index (χ4v) is 2.23. The van der Waals surface area contributed by atoms with Crippen LogP contribution in [0.1, 0.15) is 21.9 Å². The van der Waals surface area contributed by atoms with Gasteiger partial charge in [0, 0.05) is 12.3 Å². The van der Waals surface area contributed by atoms with E-state index in [4.69, 9.17) is 9.52 Å². The molecule has 0 bridgehead atoms. The van der Waals surface area contributed by atoms with Crippen LogP contribution >= 0.6 is 11.8 Å². The molecule has 0 radical (unpaired) electrons. The number of nitrogens with zero attached hydrogens (tertiary/aromatic N) is 1. The highest BCUT2D eigenvalue weighted by Gasteiger charge is 2.13. The number of carbonyl (C=O) groups is 1. The van der Waals surface area contributed by atoms with Crippen LogP contribution in [0.4, 0.5) is 0 Å². The van der Waals surface area contributed by atoms with Gasteiger partial charge in [0.1, 0.15) is 17.1 Å². The zero-order valence-corrected chi connectivity index (χ0v) is 10.6. The average molecular weight is 243 g/mol. The van der Waals surface area contributed by atoms with E-state index in [2.05, 4.69) is 4.90 Å². The molecular weight excluding hydrogens is 226 g/mol. The summed E-state index contributed by atoms with van der Waals surface area (Å²) in [4.78, 5) is 12.9. The molecule has 16 heavy (non-hydrogen) atoms. The molecule has 1 heterocycles. The van der Waals surface area contributed by atoms with Crippen LogP contribution in [-0.4, -0.2) is 42.4 Å². The minimum absolute atomic E-state index is 0.267. The molecule has 0 amide bonds. The molecule has 1 N–H and O–H groups in total. The smallest absolute Gasteiger partial charge is 0.339 e. The van der Waals surface area contributed by atoms with E-state index < -0.39 is 5.97 Å². The summed E-state index contributed by atoms with van der Waals surface area (Å²) in [7, 11) is 4.06. The van der Waals surface area contributed by atoms with Gasteiger partial charge in [-0.15, -0.1) is 0 Å². The van der Waals surface area contributed by atoms with Gasteiger partial charge in [-0.1, -0.05) is 0 Å². The molecule has 4 nitrogen and oxygen atoms in total. The first kappa shape index (κ1) is 13.1. The number of aromatic carboxylic acids is 1. The first-order chi connectivity index (χ1) is 7.50. The van der Waals surface area contributed by atoms with Gasteiger partial charge in [-0.05, 0) is 27.1 Å². The maximum Gasteiger partial charge on any atom is 0.339 e. The maximum absolute atomic E-state index is 10.8. The third kappa shape index (κ3) is 3.90. The third-order valence-electron chi connectivity index (χ3n) is 2.13. The normalized spacial score (nSPS) is 11.0. The Balaban J connectivity index is 2.43. The van der Waals surface area contributed by atoms with Gasteiger partial charge in [-0.2, -0.15) is 11.8 Å². The molecule has 0 aliphatic heterocycles. The lowest BCUT2D eigenvalue weighted by atomic mass is 10.2. The van der Waals surface area contributed by atoms with Gasteiger partial charge >= 0.3 is 5.97 Å². The van der Waals surface area contributed by atoms with E-state index in [9.17, 15) is 4.79 Å². The van der Waals surface area contributed by atoms with E-state index in [1.165, 1.54) is 0 Å². The summed E-state index contributed by atoms with van der Waals surface area (Å²) < 4.78 is 5.37. The van der Waals surface area contributed by atoms with Gasteiger partial charge in [0.15, 0.2) is 0 Å². The molecule has 0 spiro atoms. The van der Waals surface area contributed by atoms with E-state index in [1.54, 1.807) is 24.8 Å². The Labute approximate surface area is 99.6 Å². The Morgan fingerprint density at radius 1 is 1.56 bits per heavy atom. The molecule has 0 saturated heterocycles. The lowest BCUT2D eigenvalue weighted by Crippen LogP contribution is -2.14. The summed E-state index contributed by atoms with van der Waals surface area (Å²) in [5, 5.41) is 8.85. The highest BCUT2D eigenvalue weighted by atomic mass is 32.2. The van der Waals surface area contributed by atoms with E-state index in [0.717, 1.165) is 23.8 Å². The van der Waals surface area contributed by atoms with Crippen molar-refractivity contribution in [2.75, 3.05) is 26.4 Å². The molecule has 0 atom stereocenters. The minimum Gasteiger partial charge on any atom is -0.478 e. The van der Waals surface area contributed by atoms with Crippen molar-refractivity contribution in [3.05, 3.63) is 23.2 Å². The summed E-state index contributed by atoms with van der Waals surface area (Å²) in [6.45, 7) is 2.69. The number of furan rings is 1. The third-order valence-corrected chi connectivity index (χ3v) is 3.09. The largest absolute Gasteiger partial charge is 0.478 e. The number of rotatable bonds is 6. The first-order valence-corrected chi connectivity index (χ1v) is 6.21. The highest BCUT2D eigenvalue weighted by Crippen LogP contribution is 2.19. The first-order valence-electron chi connectivity index (χ1n) is 5.05. The zero-order chi connectivity index (χ0) is 12.1. The SMILES string of the molecule is Cc1oc(CSCCN(C)C)cc1C(=O)O. The summed E-state index contributed by atoms with van der Waals surface area (Å²) in [5.74, 6) is 2.03. The van der Waals surface area contributed by atoms with E-state index >= 15 is 0 Å². The lowest BCUT2D eigenvalue weighted by Gasteiger charge is -2.07. The summed E-state index contributed by atoms with van der Waals surface area (Å²) in [6, 6.07) is 1.61. The molecule has 0 saturated carbocycles. The summed E-state index contributed by atoms with van der Waals surface area (Å²) >= 11 is 1.74. The van der Waals surface area contributed by atoms with Crippen LogP contribution in [0.15, 0.2) is 10.5 Å². The van der Waals surface area contributed by atoms with Crippen LogP contribution in [0, 0.1) is 6.92 Å². The zero-order valence-electron chi connectivity index (χ0n) is 9.82. The average Bonchev–Trinajstić information content (AvgIpc) is 2.54. The predicted octanol–water partition coefficient (Wildman–Crippen LogP) is 2.08. The van der Waals surface area contributed by atoms with Crippen LogP contribution in [-0.2, 0) is 5.75 Å². The fraction of sp³-hybridized carbons (Fsp3) is 0.545. The van der Waals surface area contributed by atoms with Crippen LogP contribution in [0.2, 0.25) is 0 Å². The Bertz CT molecular complexity index is 360. The van der Waals surface area contributed by atoms with Gasteiger partial charge in [-0.25, -0.2) is 4.79 Å². The van der Waals surface area contributed by atoms with Gasteiger partial charge < -0.3 is 14.4 Å². The fourth-order valence-electron chi connectivity index (χ4n) is 1.25. The van der Waals surface area contributed by atoms with Crippen molar-refractivity contribution < 1.29 is 14.3 Å². The van der Waals surface area contributed by atoms with Gasteiger partial charge in [0.05, 0.1) is 5.75 Å². The number of hydrogen-bond acceptors (Lipinski definition) is 4. The molecular formula is C11H17NO3S. The Kier molecular flexibility index (Phi) is 4.89. The Morgan fingerprint density at radius 2 is 2.25 bits per heavy atom. The van der Waals surface area contributed by atoms with Crippen LogP contribution in [0.25, 0.3) is 0 Å². The Morgan fingerprint density at radius 3 is 2.75 bits per heavy atom. The molecule has 1 aromatic rings. The number of carboxylic acid groups (broad SMARTS) is 1. The lowest BCUT2D eigenvalue weighted by molar-refractivity contribution is 0.0695. The predicted molar refractivity (Wildman–Crippen MR) is 65.1 cm³/mol. The Hall–Kier alpha value is -0.940. The molecule has 0 fully saturated rings. The molecule has 0 aromatic carbocycles. The number of aryl methyl sites for hydroxylation is 1. The van der Waals surface area contributed by atoms with Gasteiger partial charge in [0.25, 0.3) is 0 Å². The molecule has 0 unspecified atom stereocenters. The molecule has 90 valence electrons. The number of carboxylic acids is 1. The molecule has 0 aliphatic carbocycles. The van der Waals surface area contributed by atoms with Crippen molar-refractivity contribution in [1.82, 2.24) is 4.90 Å². The summed E-state index contributed by atoms with van der Waals surface area (Å²) in [6.07, 6.45) is 0. The standard InChI is InChI=1S/C11H17NO3S/c1-8-10(11(13)14)6-9(15-8)7-16-5-4-12(2)3/h6H,4-5,7H2,1-3H3,(H,13,14). The minimum atomic E-state index is -0.925. The topological polar surface area (TPSA) is 53.7 Å². The highest BCUT2D eigenvalue weighted by molar-refractivity contribution is 7.98. The van der Waals surface area contributed by atoms with Gasteiger partial charge in [0.2, 0.25) is 0 Å². The van der Waals surface area contributed by atoms with Crippen molar-refractivity contribution in [2.24, 2.45) is 0 Å². The second-order valence-electron chi connectivity index (χ2n) is 3.84. The maximum atomic E-state index is 10.8. The summed E-state index contributed by atoms with van der Waals surface area (Å²) in [5.41, 5.74) is 0.267. The van der Waals surface area contributed by atoms with Crippen molar-refractivity contribution in [1.29, 1.82) is 0 Å². The van der Waals surface area contributed by atoms with E-state index in [0.29, 0.717) is 5.76 Å². The monoisotopic (exact) mass is 243 g/mol. The van der Waals surface area contributed by atoms with Crippen LogP contribution in [0.3, 0.4) is 0 Å². The molecule has 0 aliphatic rings. The van der Waals surface area contributed by atoms with Crippen LogP contribution in [0.5, 0.6) is 0 Å². The van der Waals surface area contributed by atoms with Crippen molar-refractivity contribution in [2.45, 2.75) is 12.7 Å². The van der Waals surface area contributed by atoms with Crippen molar-refractivity contribution in [3.8, 4) is 0 Å². The molecule has 1 aromatic heterocycles. The molecule has 5 heteroatoms. The van der Waals surface area contributed by atoms with E-state index in [-0.39, 0.29) is 5.56 Å². The number of thioether (sulfide) groups is 1. The van der Waals surface area contributed by atoms with Crippen molar-refractivity contribution in [3.63, 3.8) is 0 Å². The quantitative estimate of drug-likeness (QED) is 0.775. The van der Waals surface area contributed by atoms with Crippen LogP contribution < -0.4 is 0 Å². The second-order valence-corrected chi connectivity index (χ2v) is 4.95. The second kappa shape index (κ2) is 5.96.